The lowest BCUT2D eigenvalue weighted by molar-refractivity contribution is 0.169. The van der Waals surface area contributed by atoms with E-state index in [0.29, 0.717) is 40.7 Å². The molecule has 2 heterocycles. The number of imidazole rings is 1. The molecule has 0 aliphatic carbocycles. The number of nitrogens with one attached hydrogen (secondary N) is 2. The van der Waals surface area contributed by atoms with Crippen LogP contribution in [0.2, 0.25) is 0 Å². The molecule has 6 N–H and O–H groups in total. The fourth-order valence-corrected chi connectivity index (χ4v) is 3.14. The minimum Gasteiger partial charge on any atom is -0.508 e. The van der Waals surface area contributed by atoms with E-state index in [2.05, 4.69) is 39.4 Å². The first-order chi connectivity index (χ1) is 13.8. The molecule has 2 atom stereocenters. The molecule has 0 aliphatic rings. The number of fused-ring (bicyclic) bond motifs is 1. The quantitative estimate of drug-likeness (QED) is 0.288. The topological polar surface area (TPSA) is 134 Å². The van der Waals surface area contributed by atoms with Gasteiger partial charge in [0.05, 0.1) is 18.5 Å². The summed E-state index contributed by atoms with van der Waals surface area (Å²) < 4.78 is 1.97. The van der Waals surface area contributed by atoms with Crippen LogP contribution in [0.15, 0.2) is 24.5 Å². The van der Waals surface area contributed by atoms with Gasteiger partial charge in [0.2, 0.25) is 5.95 Å². The van der Waals surface area contributed by atoms with Crippen molar-refractivity contribution in [2.75, 3.05) is 16.4 Å². The Hall–Kier alpha value is -3.07. The van der Waals surface area contributed by atoms with Crippen LogP contribution >= 0.6 is 0 Å². The Morgan fingerprint density at radius 1 is 1.21 bits per heavy atom. The van der Waals surface area contributed by atoms with Gasteiger partial charge in [-0.2, -0.15) is 9.97 Å². The number of nitrogen functional groups attached to an aromatic ring is 1. The molecule has 29 heavy (non-hydrogen) atoms. The van der Waals surface area contributed by atoms with Crippen LogP contribution < -0.4 is 16.4 Å². The molecule has 0 saturated carbocycles. The summed E-state index contributed by atoms with van der Waals surface area (Å²) in [6.07, 6.45) is 1.92. The van der Waals surface area contributed by atoms with Crippen molar-refractivity contribution in [2.24, 2.45) is 0 Å². The average molecular weight is 399 g/mol. The first kappa shape index (κ1) is 20.7. The monoisotopic (exact) mass is 399 g/mol. The number of phenolic OH excluding ortho intramolecular Hbond substituents is 1. The molecule has 0 bridgehead atoms. The Balaban J connectivity index is 1.98. The number of nitrogens with two attached hydrogens (primary N) is 1. The van der Waals surface area contributed by atoms with Crippen molar-refractivity contribution in [3.63, 3.8) is 0 Å². The van der Waals surface area contributed by atoms with E-state index in [1.54, 1.807) is 31.5 Å². The lowest BCUT2D eigenvalue weighted by atomic mass is 10.1. The zero-order valence-electron chi connectivity index (χ0n) is 17.2. The van der Waals surface area contributed by atoms with Gasteiger partial charge in [-0.1, -0.05) is 6.92 Å². The number of nitrogens with zero attached hydrogens (tertiary/aromatic N) is 4. The van der Waals surface area contributed by atoms with Gasteiger partial charge in [0, 0.05) is 23.8 Å². The fraction of sp³-hybridized carbons (Fsp3) is 0.450. The van der Waals surface area contributed by atoms with Gasteiger partial charge in [-0.25, -0.2) is 4.98 Å². The number of aromatic hydroxyl groups is 1. The van der Waals surface area contributed by atoms with Crippen molar-refractivity contribution in [2.45, 2.75) is 58.8 Å². The van der Waals surface area contributed by atoms with Gasteiger partial charge in [-0.3, -0.25) is 0 Å². The summed E-state index contributed by atoms with van der Waals surface area (Å²) in [5.74, 6) is 1.11. The van der Waals surface area contributed by atoms with Crippen molar-refractivity contribution in [3.8, 4) is 5.75 Å². The van der Waals surface area contributed by atoms with Gasteiger partial charge < -0.3 is 31.1 Å². The Bertz CT molecular complexity index is 984. The molecular formula is C20H29N7O2. The smallest absolute Gasteiger partial charge is 0.227 e. The lowest BCUT2D eigenvalue weighted by Crippen LogP contribution is -2.31. The van der Waals surface area contributed by atoms with Crippen LogP contribution in [0.3, 0.4) is 0 Å². The standard InChI is InChI=1S/C20H29N7O2/c1-5-15(12(4)28)24-20-25-18(17-19(26-20)27(10-23-17)11(2)3)22-9-13-8-14(21)6-7-16(13)29/h6-8,10-12,15,28-29H,5,9,21H2,1-4H3,(H2,22,24,25,26). The van der Waals surface area contributed by atoms with E-state index in [9.17, 15) is 10.2 Å². The number of hydrogen-bond acceptors (Lipinski definition) is 8. The molecule has 1 aromatic carbocycles. The molecule has 2 unspecified atom stereocenters. The maximum Gasteiger partial charge on any atom is 0.227 e. The first-order valence-electron chi connectivity index (χ1n) is 9.80. The molecule has 0 radical (unpaired) electrons. The second-order valence-electron chi connectivity index (χ2n) is 7.46. The molecule has 9 heteroatoms. The molecule has 156 valence electrons. The highest BCUT2D eigenvalue weighted by Gasteiger charge is 2.18. The van der Waals surface area contributed by atoms with Gasteiger partial charge in [0.1, 0.15) is 5.75 Å². The minimum absolute atomic E-state index is 0.156. The Morgan fingerprint density at radius 3 is 2.62 bits per heavy atom. The molecule has 0 saturated heterocycles. The normalized spacial score (nSPS) is 13.6. The SMILES string of the molecule is CCC(Nc1nc(NCc2cc(N)ccc2O)c2ncn(C(C)C)c2n1)C(C)O. The summed E-state index contributed by atoms with van der Waals surface area (Å²) in [5, 5.41) is 26.5. The van der Waals surface area contributed by atoms with Crippen LogP contribution in [0.4, 0.5) is 17.5 Å². The molecule has 0 spiro atoms. The average Bonchev–Trinajstić information content (AvgIpc) is 3.10. The van der Waals surface area contributed by atoms with Crippen molar-refractivity contribution in [1.82, 2.24) is 19.5 Å². The van der Waals surface area contributed by atoms with Crippen LogP contribution in [0, 0.1) is 0 Å². The van der Waals surface area contributed by atoms with E-state index in [4.69, 9.17) is 5.73 Å². The molecule has 2 aromatic heterocycles. The summed E-state index contributed by atoms with van der Waals surface area (Å²) in [5.41, 5.74) is 8.39. The lowest BCUT2D eigenvalue weighted by Gasteiger charge is -2.20. The summed E-state index contributed by atoms with van der Waals surface area (Å²) >= 11 is 0. The van der Waals surface area contributed by atoms with Gasteiger partial charge in [-0.15, -0.1) is 0 Å². The summed E-state index contributed by atoms with van der Waals surface area (Å²) in [4.78, 5) is 13.7. The summed E-state index contributed by atoms with van der Waals surface area (Å²) in [6, 6.07) is 4.93. The van der Waals surface area contributed by atoms with Crippen molar-refractivity contribution >= 4 is 28.6 Å². The number of aromatic nitrogens is 4. The molecule has 0 aliphatic heterocycles. The van der Waals surface area contributed by atoms with E-state index < -0.39 is 6.10 Å². The predicted molar refractivity (Wildman–Crippen MR) is 115 cm³/mol. The van der Waals surface area contributed by atoms with Gasteiger partial charge >= 0.3 is 0 Å². The zero-order valence-corrected chi connectivity index (χ0v) is 17.2. The fourth-order valence-electron chi connectivity index (χ4n) is 3.14. The highest BCUT2D eigenvalue weighted by atomic mass is 16.3. The Labute approximate surface area is 170 Å². The zero-order chi connectivity index (χ0) is 21.1. The number of aliphatic hydroxyl groups is 1. The van der Waals surface area contributed by atoms with Crippen molar-refractivity contribution in [1.29, 1.82) is 0 Å². The molecule has 3 rings (SSSR count). The predicted octanol–water partition coefficient (Wildman–Crippen LogP) is 2.88. The van der Waals surface area contributed by atoms with Crippen LogP contribution in [0.1, 0.15) is 45.7 Å². The third-order valence-corrected chi connectivity index (χ3v) is 4.86. The van der Waals surface area contributed by atoms with Crippen LogP contribution in [-0.4, -0.2) is 41.9 Å². The van der Waals surface area contributed by atoms with E-state index in [-0.39, 0.29) is 17.8 Å². The van der Waals surface area contributed by atoms with Crippen LogP contribution in [0.5, 0.6) is 5.75 Å². The van der Waals surface area contributed by atoms with Crippen molar-refractivity contribution in [3.05, 3.63) is 30.1 Å². The van der Waals surface area contributed by atoms with Crippen LogP contribution in [0.25, 0.3) is 11.2 Å². The third kappa shape index (κ3) is 4.51. The summed E-state index contributed by atoms with van der Waals surface area (Å²) in [7, 11) is 0. The van der Waals surface area contributed by atoms with Gasteiger partial charge in [0.15, 0.2) is 17.0 Å². The number of benzene rings is 1. The molecule has 0 fully saturated rings. The van der Waals surface area contributed by atoms with E-state index in [1.165, 1.54) is 0 Å². The Morgan fingerprint density at radius 2 is 1.97 bits per heavy atom. The van der Waals surface area contributed by atoms with Crippen LogP contribution in [-0.2, 0) is 6.54 Å². The highest BCUT2D eigenvalue weighted by Crippen LogP contribution is 2.26. The Kier molecular flexibility index (Phi) is 6.07. The van der Waals surface area contributed by atoms with E-state index in [1.807, 2.05) is 11.5 Å². The van der Waals surface area contributed by atoms with E-state index in [0.717, 1.165) is 6.42 Å². The largest absolute Gasteiger partial charge is 0.508 e. The van der Waals surface area contributed by atoms with Crippen molar-refractivity contribution < 1.29 is 10.2 Å². The number of hydrogen-bond donors (Lipinski definition) is 5. The highest BCUT2D eigenvalue weighted by molar-refractivity contribution is 5.84. The second-order valence-corrected chi connectivity index (χ2v) is 7.46. The molecule has 0 amide bonds. The first-order valence-corrected chi connectivity index (χ1v) is 9.80. The number of phenols is 1. The van der Waals surface area contributed by atoms with Gasteiger partial charge in [-0.05, 0) is 45.4 Å². The number of anilines is 3. The van der Waals surface area contributed by atoms with Gasteiger partial charge in [0.25, 0.3) is 0 Å². The maximum absolute atomic E-state index is 10.1. The number of aliphatic hydroxyl groups excluding tert-OH is 1. The molecule has 9 nitrogen and oxygen atoms in total. The minimum atomic E-state index is -0.546. The third-order valence-electron chi connectivity index (χ3n) is 4.86. The number of rotatable bonds is 8. The summed E-state index contributed by atoms with van der Waals surface area (Å²) in [6.45, 7) is 8.16. The second kappa shape index (κ2) is 8.52. The molecule has 3 aromatic rings. The van der Waals surface area contributed by atoms with E-state index >= 15 is 0 Å². The molecular weight excluding hydrogens is 370 g/mol. The maximum atomic E-state index is 10.1.